The van der Waals surface area contributed by atoms with Gasteiger partial charge in [0.25, 0.3) is 0 Å². The van der Waals surface area contributed by atoms with Gasteiger partial charge in [-0.25, -0.2) is 0 Å². The fourth-order valence-corrected chi connectivity index (χ4v) is 4.03. The summed E-state index contributed by atoms with van der Waals surface area (Å²) >= 11 is 1.99. The predicted octanol–water partition coefficient (Wildman–Crippen LogP) is 1.85. The van der Waals surface area contributed by atoms with E-state index in [-0.39, 0.29) is 0 Å². The van der Waals surface area contributed by atoms with Crippen molar-refractivity contribution in [1.82, 2.24) is 9.80 Å². The van der Waals surface area contributed by atoms with E-state index in [0.29, 0.717) is 0 Å². The first-order chi connectivity index (χ1) is 10.4. The summed E-state index contributed by atoms with van der Waals surface area (Å²) in [5.74, 6) is 0. The molecule has 2 saturated heterocycles. The van der Waals surface area contributed by atoms with Gasteiger partial charge in [-0.2, -0.15) is 0 Å². The standard InChI is InChI=1S/C16H26N2O2S/c1(5-17-6-10-19-11-7-17)2-15-3-4-16(21-15)14-18-8-12-20-13-9-18/h3-4H,1-2,5-14H2. The molecule has 0 bridgehead atoms. The zero-order chi connectivity index (χ0) is 14.3. The van der Waals surface area contributed by atoms with Crippen LogP contribution in [0.15, 0.2) is 12.1 Å². The Labute approximate surface area is 131 Å². The molecule has 2 aliphatic rings. The quantitative estimate of drug-likeness (QED) is 0.800. The number of aryl methyl sites for hydroxylation is 1. The number of morpholine rings is 2. The van der Waals surface area contributed by atoms with Crippen LogP contribution in [0, 0.1) is 0 Å². The molecule has 2 aliphatic heterocycles. The summed E-state index contributed by atoms with van der Waals surface area (Å²) in [5, 5.41) is 0. The summed E-state index contributed by atoms with van der Waals surface area (Å²) in [7, 11) is 0. The van der Waals surface area contributed by atoms with Crippen LogP contribution in [0.25, 0.3) is 0 Å². The van der Waals surface area contributed by atoms with Gasteiger partial charge in [0.1, 0.15) is 0 Å². The summed E-state index contributed by atoms with van der Waals surface area (Å²) in [6.45, 7) is 10.2. The molecular weight excluding hydrogens is 284 g/mol. The van der Waals surface area contributed by atoms with Gasteiger partial charge in [-0.3, -0.25) is 9.80 Å². The molecule has 3 heterocycles. The van der Waals surface area contributed by atoms with E-state index in [1.165, 1.54) is 29.1 Å². The van der Waals surface area contributed by atoms with Crippen molar-refractivity contribution in [2.24, 2.45) is 0 Å². The minimum atomic E-state index is 0.887. The SMILES string of the molecule is c1cc(CN2CCOCC2)sc1CCCN1CCOCC1. The van der Waals surface area contributed by atoms with Crippen LogP contribution in [0.2, 0.25) is 0 Å². The summed E-state index contributed by atoms with van der Waals surface area (Å²) in [6, 6.07) is 4.63. The van der Waals surface area contributed by atoms with E-state index in [4.69, 9.17) is 9.47 Å². The molecular formula is C16H26N2O2S. The van der Waals surface area contributed by atoms with E-state index >= 15 is 0 Å². The van der Waals surface area contributed by atoms with Gasteiger partial charge in [-0.15, -0.1) is 11.3 Å². The fourth-order valence-electron chi connectivity index (χ4n) is 2.92. The maximum Gasteiger partial charge on any atom is 0.0594 e. The van der Waals surface area contributed by atoms with Crippen molar-refractivity contribution in [2.75, 3.05) is 59.2 Å². The molecule has 1 aromatic heterocycles. The van der Waals surface area contributed by atoms with Crippen LogP contribution < -0.4 is 0 Å². The van der Waals surface area contributed by atoms with Crippen LogP contribution >= 0.6 is 11.3 Å². The van der Waals surface area contributed by atoms with Crippen molar-refractivity contribution in [3.8, 4) is 0 Å². The van der Waals surface area contributed by atoms with E-state index in [2.05, 4.69) is 21.9 Å². The van der Waals surface area contributed by atoms with Crippen molar-refractivity contribution in [3.63, 3.8) is 0 Å². The highest BCUT2D eigenvalue weighted by atomic mass is 32.1. The first kappa shape index (κ1) is 15.4. The molecule has 0 unspecified atom stereocenters. The van der Waals surface area contributed by atoms with E-state index in [1.807, 2.05) is 11.3 Å². The Morgan fingerprint density at radius 3 is 2.19 bits per heavy atom. The van der Waals surface area contributed by atoms with Crippen LogP contribution in [-0.4, -0.2) is 69.0 Å². The Balaban J connectivity index is 1.37. The second-order valence-electron chi connectivity index (χ2n) is 5.81. The third-order valence-electron chi connectivity index (χ3n) is 4.20. The van der Waals surface area contributed by atoms with Gasteiger partial charge in [-0.05, 0) is 31.5 Å². The number of rotatable bonds is 6. The smallest absolute Gasteiger partial charge is 0.0594 e. The summed E-state index contributed by atoms with van der Waals surface area (Å²) in [4.78, 5) is 8.04. The van der Waals surface area contributed by atoms with Gasteiger partial charge in [-0.1, -0.05) is 0 Å². The normalized spacial score (nSPS) is 21.7. The Hall–Kier alpha value is -0.460. The second-order valence-corrected chi connectivity index (χ2v) is 7.07. The number of hydrogen-bond acceptors (Lipinski definition) is 5. The zero-order valence-electron chi connectivity index (χ0n) is 12.8. The van der Waals surface area contributed by atoms with Crippen molar-refractivity contribution < 1.29 is 9.47 Å². The largest absolute Gasteiger partial charge is 0.379 e. The summed E-state index contributed by atoms with van der Waals surface area (Å²) in [5.41, 5.74) is 0. The number of thiophene rings is 1. The third kappa shape index (κ3) is 5.04. The van der Waals surface area contributed by atoms with E-state index in [0.717, 1.165) is 59.2 Å². The molecule has 0 radical (unpaired) electrons. The minimum absolute atomic E-state index is 0.887. The lowest BCUT2D eigenvalue weighted by Gasteiger charge is -2.26. The van der Waals surface area contributed by atoms with Crippen LogP contribution in [-0.2, 0) is 22.4 Å². The summed E-state index contributed by atoms with van der Waals surface area (Å²) < 4.78 is 10.8. The molecule has 0 saturated carbocycles. The highest BCUT2D eigenvalue weighted by Gasteiger charge is 2.12. The van der Waals surface area contributed by atoms with Crippen LogP contribution in [0.5, 0.6) is 0 Å². The van der Waals surface area contributed by atoms with Crippen LogP contribution in [0.3, 0.4) is 0 Å². The Morgan fingerprint density at radius 2 is 1.48 bits per heavy atom. The maximum absolute atomic E-state index is 5.40. The first-order valence-electron chi connectivity index (χ1n) is 8.08. The molecule has 0 N–H and O–H groups in total. The van der Waals surface area contributed by atoms with Crippen LogP contribution in [0.1, 0.15) is 16.2 Å². The number of ether oxygens (including phenoxy) is 2. The Kier molecular flexibility index (Phi) is 6.06. The maximum atomic E-state index is 5.40. The van der Waals surface area contributed by atoms with Gasteiger partial charge < -0.3 is 9.47 Å². The van der Waals surface area contributed by atoms with Crippen molar-refractivity contribution >= 4 is 11.3 Å². The minimum Gasteiger partial charge on any atom is -0.379 e. The van der Waals surface area contributed by atoms with Gasteiger partial charge in [0, 0.05) is 42.5 Å². The average Bonchev–Trinajstić information content (AvgIpc) is 2.97. The average molecular weight is 310 g/mol. The molecule has 2 fully saturated rings. The van der Waals surface area contributed by atoms with E-state index in [9.17, 15) is 0 Å². The molecule has 0 aromatic carbocycles. The van der Waals surface area contributed by atoms with E-state index in [1.54, 1.807) is 0 Å². The molecule has 21 heavy (non-hydrogen) atoms. The number of nitrogens with zero attached hydrogens (tertiary/aromatic N) is 2. The highest BCUT2D eigenvalue weighted by molar-refractivity contribution is 7.11. The monoisotopic (exact) mass is 310 g/mol. The van der Waals surface area contributed by atoms with Crippen LogP contribution in [0.4, 0.5) is 0 Å². The van der Waals surface area contributed by atoms with Gasteiger partial charge >= 0.3 is 0 Å². The second kappa shape index (κ2) is 8.25. The third-order valence-corrected chi connectivity index (χ3v) is 5.33. The lowest BCUT2D eigenvalue weighted by molar-refractivity contribution is 0.0346. The van der Waals surface area contributed by atoms with Gasteiger partial charge in [0.05, 0.1) is 26.4 Å². The molecule has 4 nitrogen and oxygen atoms in total. The molecule has 5 heteroatoms. The molecule has 0 aliphatic carbocycles. The van der Waals surface area contributed by atoms with Crippen molar-refractivity contribution in [3.05, 3.63) is 21.9 Å². The summed E-state index contributed by atoms with van der Waals surface area (Å²) in [6.07, 6.45) is 2.47. The van der Waals surface area contributed by atoms with Gasteiger partial charge in [0.2, 0.25) is 0 Å². The Morgan fingerprint density at radius 1 is 0.857 bits per heavy atom. The molecule has 3 rings (SSSR count). The topological polar surface area (TPSA) is 24.9 Å². The molecule has 0 amide bonds. The van der Waals surface area contributed by atoms with Gasteiger partial charge in [0.15, 0.2) is 0 Å². The highest BCUT2D eigenvalue weighted by Crippen LogP contribution is 2.20. The molecule has 0 spiro atoms. The molecule has 1 aromatic rings. The molecule has 0 atom stereocenters. The molecule has 118 valence electrons. The number of hydrogen-bond donors (Lipinski definition) is 0. The lowest BCUT2D eigenvalue weighted by atomic mass is 10.2. The zero-order valence-corrected chi connectivity index (χ0v) is 13.6. The first-order valence-corrected chi connectivity index (χ1v) is 8.89. The Bertz CT molecular complexity index is 412. The lowest BCUT2D eigenvalue weighted by Crippen LogP contribution is -2.36. The predicted molar refractivity (Wildman–Crippen MR) is 86.0 cm³/mol. The fraction of sp³-hybridized carbons (Fsp3) is 0.750. The van der Waals surface area contributed by atoms with Crippen molar-refractivity contribution in [1.29, 1.82) is 0 Å². The van der Waals surface area contributed by atoms with Crippen molar-refractivity contribution in [2.45, 2.75) is 19.4 Å². The van der Waals surface area contributed by atoms with E-state index < -0.39 is 0 Å².